The molecule has 2 rings (SSSR count). The summed E-state index contributed by atoms with van der Waals surface area (Å²) in [4.78, 5) is 11.4. The lowest BCUT2D eigenvalue weighted by atomic mass is 10.0. The minimum absolute atomic E-state index is 0.0980. The molecule has 0 aliphatic heterocycles. The first-order chi connectivity index (χ1) is 8.65. The number of aliphatic hydroxyl groups excluding tert-OH is 1. The lowest BCUT2D eigenvalue weighted by molar-refractivity contribution is -0.121. The Morgan fingerprint density at radius 2 is 2.06 bits per heavy atom. The van der Waals surface area contributed by atoms with E-state index in [1.807, 2.05) is 12.1 Å². The van der Waals surface area contributed by atoms with Gasteiger partial charge in [-0.3, -0.25) is 4.79 Å². The molecule has 1 aromatic rings. The fourth-order valence-corrected chi connectivity index (χ4v) is 1.96. The van der Waals surface area contributed by atoms with E-state index in [1.165, 1.54) is 0 Å². The molecular formula is C14H18ClNO2. The Bertz CT molecular complexity index is 401. The van der Waals surface area contributed by atoms with E-state index in [4.69, 9.17) is 11.6 Å². The van der Waals surface area contributed by atoms with Crippen LogP contribution in [0.15, 0.2) is 24.3 Å². The number of carbonyl (C=O) groups excluding carboxylic acids is 1. The summed E-state index contributed by atoms with van der Waals surface area (Å²) in [5.74, 6) is 0.0980. The number of amides is 1. The molecule has 1 aliphatic carbocycles. The van der Waals surface area contributed by atoms with Gasteiger partial charge in [-0.2, -0.15) is 0 Å². The molecular weight excluding hydrogens is 250 g/mol. The monoisotopic (exact) mass is 267 g/mol. The van der Waals surface area contributed by atoms with E-state index in [2.05, 4.69) is 5.32 Å². The molecule has 98 valence electrons. The highest BCUT2D eigenvalue weighted by molar-refractivity contribution is 6.30. The van der Waals surface area contributed by atoms with Crippen LogP contribution in [0.1, 0.15) is 43.8 Å². The van der Waals surface area contributed by atoms with Crippen LogP contribution >= 0.6 is 11.6 Å². The second-order valence-corrected chi connectivity index (χ2v) is 5.24. The summed E-state index contributed by atoms with van der Waals surface area (Å²) in [6.07, 6.45) is 3.48. The van der Waals surface area contributed by atoms with Crippen LogP contribution in [-0.4, -0.2) is 17.1 Å². The van der Waals surface area contributed by atoms with Crippen LogP contribution in [0.3, 0.4) is 0 Å². The summed E-state index contributed by atoms with van der Waals surface area (Å²) in [5.41, 5.74) is 0.849. The highest BCUT2D eigenvalue weighted by Gasteiger charge is 2.22. The summed E-state index contributed by atoms with van der Waals surface area (Å²) >= 11 is 5.78. The molecule has 1 aromatic carbocycles. The number of halogens is 1. The summed E-state index contributed by atoms with van der Waals surface area (Å²) < 4.78 is 0. The minimum Gasteiger partial charge on any atom is -0.388 e. The molecule has 0 saturated heterocycles. The third kappa shape index (κ3) is 4.31. The molecule has 4 heteroatoms. The Morgan fingerprint density at radius 1 is 1.39 bits per heavy atom. The van der Waals surface area contributed by atoms with Crippen molar-refractivity contribution in [2.24, 2.45) is 0 Å². The predicted molar refractivity (Wildman–Crippen MR) is 71.4 cm³/mol. The van der Waals surface area contributed by atoms with Gasteiger partial charge >= 0.3 is 0 Å². The van der Waals surface area contributed by atoms with Crippen LogP contribution < -0.4 is 5.32 Å². The summed E-state index contributed by atoms with van der Waals surface area (Å²) in [6, 6.07) is 7.58. The van der Waals surface area contributed by atoms with E-state index in [9.17, 15) is 9.90 Å². The van der Waals surface area contributed by atoms with Crippen molar-refractivity contribution < 1.29 is 9.90 Å². The standard InChI is InChI=1S/C14H18ClNO2/c15-11-6-4-10(5-7-11)13(17)2-1-3-14(18)16-12-8-9-12/h4-7,12-13,17H,1-3,8-9H2,(H,16,18). The van der Waals surface area contributed by atoms with Crippen LogP contribution in [0.5, 0.6) is 0 Å². The summed E-state index contributed by atoms with van der Waals surface area (Å²) in [5, 5.41) is 13.5. The Hall–Kier alpha value is -1.06. The Balaban J connectivity index is 1.68. The molecule has 2 N–H and O–H groups in total. The highest BCUT2D eigenvalue weighted by atomic mass is 35.5. The average Bonchev–Trinajstić information content (AvgIpc) is 3.13. The van der Waals surface area contributed by atoms with E-state index in [-0.39, 0.29) is 5.91 Å². The third-order valence-corrected chi connectivity index (χ3v) is 3.33. The molecule has 0 spiro atoms. The van der Waals surface area contributed by atoms with Gasteiger partial charge in [-0.15, -0.1) is 0 Å². The van der Waals surface area contributed by atoms with Crippen molar-refractivity contribution in [1.29, 1.82) is 0 Å². The zero-order chi connectivity index (χ0) is 13.0. The van der Waals surface area contributed by atoms with Crippen LogP contribution in [0.25, 0.3) is 0 Å². The Kier molecular flexibility index (Phi) is 4.61. The fourth-order valence-electron chi connectivity index (χ4n) is 1.84. The average molecular weight is 268 g/mol. The molecule has 1 atom stereocenters. The first kappa shape index (κ1) is 13.4. The third-order valence-electron chi connectivity index (χ3n) is 3.08. The maximum Gasteiger partial charge on any atom is 0.220 e. The number of nitrogens with one attached hydrogen (secondary N) is 1. The van der Waals surface area contributed by atoms with Crippen molar-refractivity contribution in [3.63, 3.8) is 0 Å². The zero-order valence-electron chi connectivity index (χ0n) is 10.2. The molecule has 1 fully saturated rings. The maximum atomic E-state index is 11.4. The van der Waals surface area contributed by atoms with Crippen LogP contribution in [0, 0.1) is 0 Å². The van der Waals surface area contributed by atoms with Gasteiger partial charge in [-0.1, -0.05) is 23.7 Å². The van der Waals surface area contributed by atoms with Crippen LogP contribution in [0.4, 0.5) is 0 Å². The fraction of sp³-hybridized carbons (Fsp3) is 0.500. The van der Waals surface area contributed by atoms with Crippen molar-refractivity contribution in [3.05, 3.63) is 34.9 Å². The van der Waals surface area contributed by atoms with Crippen molar-refractivity contribution in [1.82, 2.24) is 5.32 Å². The second-order valence-electron chi connectivity index (χ2n) is 4.80. The van der Waals surface area contributed by atoms with Crippen LogP contribution in [-0.2, 0) is 4.79 Å². The molecule has 1 aliphatic rings. The predicted octanol–water partition coefficient (Wildman–Crippen LogP) is 2.82. The van der Waals surface area contributed by atoms with E-state index < -0.39 is 6.10 Å². The number of rotatable bonds is 6. The quantitative estimate of drug-likeness (QED) is 0.833. The second kappa shape index (κ2) is 6.21. The number of benzene rings is 1. The smallest absolute Gasteiger partial charge is 0.220 e. The number of hydrogen-bond donors (Lipinski definition) is 2. The molecule has 1 unspecified atom stereocenters. The van der Waals surface area contributed by atoms with Crippen molar-refractivity contribution >= 4 is 17.5 Å². The Morgan fingerprint density at radius 3 is 2.67 bits per heavy atom. The normalized spacial score (nSPS) is 16.3. The van der Waals surface area contributed by atoms with Gasteiger partial charge in [-0.25, -0.2) is 0 Å². The van der Waals surface area contributed by atoms with Gasteiger partial charge in [0.25, 0.3) is 0 Å². The number of aliphatic hydroxyl groups is 1. The SMILES string of the molecule is O=C(CCCC(O)c1ccc(Cl)cc1)NC1CC1. The highest BCUT2D eigenvalue weighted by Crippen LogP contribution is 2.22. The molecule has 0 heterocycles. The van der Waals surface area contributed by atoms with E-state index in [0.29, 0.717) is 30.3 Å². The first-order valence-electron chi connectivity index (χ1n) is 6.38. The van der Waals surface area contributed by atoms with Gasteiger partial charge in [0, 0.05) is 17.5 Å². The topological polar surface area (TPSA) is 49.3 Å². The molecule has 0 bridgehead atoms. The summed E-state index contributed by atoms with van der Waals surface area (Å²) in [7, 11) is 0. The van der Waals surface area contributed by atoms with Crippen molar-refractivity contribution in [2.45, 2.75) is 44.2 Å². The van der Waals surface area contributed by atoms with E-state index in [1.54, 1.807) is 12.1 Å². The molecule has 1 amide bonds. The number of carbonyl (C=O) groups is 1. The molecule has 18 heavy (non-hydrogen) atoms. The molecule has 0 aromatic heterocycles. The largest absolute Gasteiger partial charge is 0.388 e. The number of hydrogen-bond acceptors (Lipinski definition) is 2. The van der Waals surface area contributed by atoms with Crippen molar-refractivity contribution in [2.75, 3.05) is 0 Å². The van der Waals surface area contributed by atoms with E-state index >= 15 is 0 Å². The van der Waals surface area contributed by atoms with Crippen molar-refractivity contribution in [3.8, 4) is 0 Å². The first-order valence-corrected chi connectivity index (χ1v) is 6.76. The maximum absolute atomic E-state index is 11.4. The molecule has 1 saturated carbocycles. The lowest BCUT2D eigenvalue weighted by Gasteiger charge is -2.10. The molecule has 0 radical (unpaired) electrons. The van der Waals surface area contributed by atoms with Gasteiger partial charge in [0.05, 0.1) is 6.10 Å². The van der Waals surface area contributed by atoms with Crippen LogP contribution in [0.2, 0.25) is 5.02 Å². The van der Waals surface area contributed by atoms with Gasteiger partial charge in [0.1, 0.15) is 0 Å². The minimum atomic E-state index is -0.518. The van der Waals surface area contributed by atoms with Gasteiger partial charge in [0.15, 0.2) is 0 Å². The zero-order valence-corrected chi connectivity index (χ0v) is 11.0. The summed E-state index contributed by atoms with van der Waals surface area (Å²) in [6.45, 7) is 0. The van der Waals surface area contributed by atoms with Gasteiger partial charge < -0.3 is 10.4 Å². The van der Waals surface area contributed by atoms with Gasteiger partial charge in [-0.05, 0) is 43.4 Å². The molecule has 3 nitrogen and oxygen atoms in total. The van der Waals surface area contributed by atoms with E-state index in [0.717, 1.165) is 18.4 Å². The Labute approximate surface area is 112 Å². The lowest BCUT2D eigenvalue weighted by Crippen LogP contribution is -2.24. The van der Waals surface area contributed by atoms with Gasteiger partial charge in [0.2, 0.25) is 5.91 Å².